The third-order valence-corrected chi connectivity index (χ3v) is 5.21. The van der Waals surface area contributed by atoms with Gasteiger partial charge in [-0.1, -0.05) is 18.2 Å². The first-order valence-electron chi connectivity index (χ1n) is 9.66. The molecular formula is C22H26FN3O3. The summed E-state index contributed by atoms with van der Waals surface area (Å²) in [4.78, 5) is 25.9. The fourth-order valence-corrected chi connectivity index (χ4v) is 3.57. The number of benzene rings is 2. The quantitative estimate of drug-likeness (QED) is 0.757. The lowest BCUT2D eigenvalue weighted by Crippen LogP contribution is -2.53. The Hall–Kier alpha value is -2.93. The average Bonchev–Trinajstić information content (AvgIpc) is 2.74. The van der Waals surface area contributed by atoms with E-state index in [1.807, 2.05) is 12.1 Å². The summed E-state index contributed by atoms with van der Waals surface area (Å²) in [6, 6.07) is 13.1. The van der Waals surface area contributed by atoms with Crippen molar-refractivity contribution >= 4 is 17.7 Å². The molecule has 29 heavy (non-hydrogen) atoms. The predicted octanol–water partition coefficient (Wildman–Crippen LogP) is 3.33. The van der Waals surface area contributed by atoms with Crippen LogP contribution in [0.4, 0.5) is 14.9 Å². The van der Waals surface area contributed by atoms with Crippen LogP contribution < -0.4 is 15.5 Å². The van der Waals surface area contributed by atoms with Crippen LogP contribution in [0.1, 0.15) is 28.8 Å². The van der Waals surface area contributed by atoms with Crippen molar-refractivity contribution in [2.45, 2.75) is 25.4 Å². The van der Waals surface area contributed by atoms with Gasteiger partial charge in [0, 0.05) is 12.7 Å². The second-order valence-corrected chi connectivity index (χ2v) is 7.28. The molecule has 0 bridgehead atoms. The molecule has 1 fully saturated rings. The molecule has 6 nitrogen and oxygen atoms in total. The van der Waals surface area contributed by atoms with E-state index in [2.05, 4.69) is 10.6 Å². The van der Waals surface area contributed by atoms with Crippen LogP contribution in [-0.2, 0) is 11.2 Å². The van der Waals surface area contributed by atoms with Crippen LogP contribution in [-0.4, -0.2) is 38.9 Å². The van der Waals surface area contributed by atoms with Gasteiger partial charge in [-0.05, 0) is 67.6 Å². The summed E-state index contributed by atoms with van der Waals surface area (Å²) in [5.41, 5.74) is 2.09. The van der Waals surface area contributed by atoms with Crippen molar-refractivity contribution in [3.8, 4) is 0 Å². The Morgan fingerprint density at radius 2 is 2.00 bits per heavy atom. The van der Waals surface area contributed by atoms with Crippen LogP contribution in [0, 0.1) is 11.7 Å². The number of piperidine rings is 1. The maximum absolute atomic E-state index is 13.1. The predicted molar refractivity (Wildman–Crippen MR) is 109 cm³/mol. The van der Waals surface area contributed by atoms with Gasteiger partial charge in [0.25, 0.3) is 0 Å². The van der Waals surface area contributed by atoms with E-state index in [0.29, 0.717) is 17.2 Å². The number of rotatable bonds is 5. The Labute approximate surface area is 170 Å². The molecule has 7 heteroatoms. The van der Waals surface area contributed by atoms with Crippen LogP contribution in [0.25, 0.3) is 0 Å². The minimum Gasteiger partial charge on any atom is -0.465 e. The number of nitrogens with zero attached hydrogens (tertiary/aromatic N) is 1. The number of esters is 1. The molecule has 2 amide bonds. The van der Waals surface area contributed by atoms with Crippen molar-refractivity contribution in [2.24, 2.45) is 5.92 Å². The van der Waals surface area contributed by atoms with Crippen LogP contribution in [0.15, 0.2) is 48.5 Å². The molecule has 3 rings (SSSR count). The molecular weight excluding hydrogens is 373 g/mol. The van der Waals surface area contributed by atoms with Crippen LogP contribution in [0.5, 0.6) is 0 Å². The Bertz CT molecular complexity index is 857. The number of hydrogen-bond acceptors (Lipinski definition) is 4. The number of halogens is 1. The number of carbonyl (C=O) groups is 2. The highest BCUT2D eigenvalue weighted by Crippen LogP contribution is 2.21. The number of amides is 2. The van der Waals surface area contributed by atoms with Crippen LogP contribution >= 0.6 is 0 Å². The number of ether oxygens (including phenoxy) is 1. The van der Waals surface area contributed by atoms with Gasteiger partial charge in [-0.15, -0.1) is 0 Å². The number of anilines is 1. The molecule has 1 saturated heterocycles. The molecule has 1 aliphatic heterocycles. The average molecular weight is 399 g/mol. The summed E-state index contributed by atoms with van der Waals surface area (Å²) < 4.78 is 17.8. The fraction of sp³-hybridized carbons (Fsp3) is 0.364. The summed E-state index contributed by atoms with van der Waals surface area (Å²) in [6.07, 6.45) is 2.50. The molecule has 2 aromatic rings. The van der Waals surface area contributed by atoms with E-state index in [0.717, 1.165) is 31.4 Å². The van der Waals surface area contributed by atoms with Crippen molar-refractivity contribution in [3.63, 3.8) is 0 Å². The molecule has 1 aliphatic rings. The van der Waals surface area contributed by atoms with E-state index in [1.54, 1.807) is 31.3 Å². The van der Waals surface area contributed by atoms with Gasteiger partial charge in [0.15, 0.2) is 0 Å². The summed E-state index contributed by atoms with van der Waals surface area (Å²) in [5.74, 6) is -0.276. The molecule has 1 heterocycles. The molecule has 2 aromatic carbocycles. The summed E-state index contributed by atoms with van der Waals surface area (Å²) in [6.45, 7) is 0.804. The maximum atomic E-state index is 13.1. The van der Waals surface area contributed by atoms with E-state index < -0.39 is 5.97 Å². The van der Waals surface area contributed by atoms with Gasteiger partial charge in [-0.25, -0.2) is 14.0 Å². The first kappa shape index (κ1) is 20.8. The molecule has 154 valence electrons. The third kappa shape index (κ3) is 5.54. The molecule has 0 saturated carbocycles. The zero-order valence-electron chi connectivity index (χ0n) is 16.7. The second kappa shape index (κ2) is 9.52. The molecule has 0 aliphatic carbocycles. The van der Waals surface area contributed by atoms with Crippen LogP contribution in [0.2, 0.25) is 0 Å². The summed E-state index contributed by atoms with van der Waals surface area (Å²) in [5, 5.41) is 6.33. The topological polar surface area (TPSA) is 70.7 Å². The van der Waals surface area contributed by atoms with Crippen molar-refractivity contribution in [3.05, 3.63) is 65.5 Å². The molecule has 0 aromatic heterocycles. The summed E-state index contributed by atoms with van der Waals surface area (Å²) >= 11 is 0. The Morgan fingerprint density at radius 1 is 1.24 bits per heavy atom. The minimum atomic E-state index is -0.446. The molecule has 0 unspecified atom stereocenters. The van der Waals surface area contributed by atoms with Gasteiger partial charge in [0.2, 0.25) is 0 Å². The zero-order chi connectivity index (χ0) is 20.8. The lowest BCUT2D eigenvalue weighted by atomic mass is 9.89. The molecule has 0 radical (unpaired) electrons. The number of nitrogens with one attached hydrogen (secondary N) is 2. The number of urea groups is 1. The first-order chi connectivity index (χ1) is 14.0. The monoisotopic (exact) mass is 399 g/mol. The standard InChI is InChI=1S/C22H26FN3O3/c1-26(19-5-3-4-17(14-19)21(27)29-2)22(28)25-20-13-16(10-11-24-20)12-15-6-8-18(23)9-7-15/h3-9,14,16,20,24H,10-13H2,1-2H3,(H,25,28)/t16-,20+/m1/s1. The zero-order valence-corrected chi connectivity index (χ0v) is 16.7. The highest BCUT2D eigenvalue weighted by atomic mass is 19.1. The highest BCUT2D eigenvalue weighted by molar-refractivity contribution is 5.95. The fourth-order valence-electron chi connectivity index (χ4n) is 3.57. The van der Waals surface area contributed by atoms with Gasteiger partial charge in [-0.3, -0.25) is 10.2 Å². The Balaban J connectivity index is 1.58. The van der Waals surface area contributed by atoms with E-state index in [1.165, 1.54) is 24.1 Å². The van der Waals surface area contributed by atoms with Crippen molar-refractivity contribution in [2.75, 3.05) is 25.6 Å². The SMILES string of the molecule is COC(=O)c1cccc(N(C)C(=O)N[C@H]2C[C@@H](Cc3ccc(F)cc3)CCN2)c1. The minimum absolute atomic E-state index is 0.145. The lowest BCUT2D eigenvalue weighted by Gasteiger charge is -2.32. The van der Waals surface area contributed by atoms with Crippen molar-refractivity contribution < 1.29 is 18.7 Å². The molecule has 0 spiro atoms. The number of hydrogen-bond donors (Lipinski definition) is 2. The van der Waals surface area contributed by atoms with Gasteiger partial charge >= 0.3 is 12.0 Å². The Kier molecular flexibility index (Phi) is 6.82. The van der Waals surface area contributed by atoms with Gasteiger partial charge < -0.3 is 10.1 Å². The van der Waals surface area contributed by atoms with E-state index in [4.69, 9.17) is 4.74 Å². The van der Waals surface area contributed by atoms with Gasteiger partial charge in [0.1, 0.15) is 5.82 Å². The van der Waals surface area contributed by atoms with Gasteiger partial charge in [0.05, 0.1) is 18.8 Å². The largest absolute Gasteiger partial charge is 0.465 e. The number of carbonyl (C=O) groups excluding carboxylic acids is 2. The highest BCUT2D eigenvalue weighted by Gasteiger charge is 2.24. The van der Waals surface area contributed by atoms with E-state index >= 15 is 0 Å². The second-order valence-electron chi connectivity index (χ2n) is 7.28. The Morgan fingerprint density at radius 3 is 2.72 bits per heavy atom. The lowest BCUT2D eigenvalue weighted by molar-refractivity contribution is 0.0600. The van der Waals surface area contributed by atoms with Crippen LogP contribution in [0.3, 0.4) is 0 Å². The molecule has 2 N–H and O–H groups in total. The normalized spacial score (nSPS) is 18.7. The maximum Gasteiger partial charge on any atom is 0.337 e. The smallest absolute Gasteiger partial charge is 0.337 e. The van der Waals surface area contributed by atoms with E-state index in [-0.39, 0.29) is 18.0 Å². The van der Waals surface area contributed by atoms with Crippen molar-refractivity contribution in [1.29, 1.82) is 0 Å². The third-order valence-electron chi connectivity index (χ3n) is 5.21. The van der Waals surface area contributed by atoms with E-state index in [9.17, 15) is 14.0 Å². The molecule has 2 atom stereocenters. The number of methoxy groups -OCH3 is 1. The van der Waals surface area contributed by atoms with Gasteiger partial charge in [-0.2, -0.15) is 0 Å². The summed E-state index contributed by atoms with van der Waals surface area (Å²) in [7, 11) is 2.98. The van der Waals surface area contributed by atoms with Crippen molar-refractivity contribution in [1.82, 2.24) is 10.6 Å². The first-order valence-corrected chi connectivity index (χ1v) is 9.66.